The Kier molecular flexibility index (Phi) is 4.95. The zero-order valence-electron chi connectivity index (χ0n) is 16.5. The van der Waals surface area contributed by atoms with Gasteiger partial charge in [-0.25, -0.2) is 13.9 Å². The van der Waals surface area contributed by atoms with Crippen molar-refractivity contribution in [1.29, 1.82) is 0 Å². The lowest BCUT2D eigenvalue weighted by molar-refractivity contribution is 0.0181. The van der Waals surface area contributed by atoms with Gasteiger partial charge in [0.15, 0.2) is 0 Å². The zero-order valence-corrected chi connectivity index (χ0v) is 16.5. The first-order valence-electron chi connectivity index (χ1n) is 9.18. The van der Waals surface area contributed by atoms with Gasteiger partial charge in [0, 0.05) is 20.1 Å². The monoisotopic (exact) mass is 392 g/mol. The van der Waals surface area contributed by atoms with Crippen LogP contribution in [0.3, 0.4) is 0 Å². The van der Waals surface area contributed by atoms with E-state index in [2.05, 4.69) is 0 Å². The first kappa shape index (κ1) is 19.9. The van der Waals surface area contributed by atoms with Crippen molar-refractivity contribution in [3.8, 4) is 0 Å². The minimum absolute atomic E-state index is 0.117. The topological polar surface area (TPSA) is 99.6 Å². The Labute approximate surface area is 161 Å². The Morgan fingerprint density at radius 1 is 1.21 bits per heavy atom. The summed E-state index contributed by atoms with van der Waals surface area (Å²) in [6.07, 6.45) is 0.698. The molecule has 152 valence electrons. The quantitative estimate of drug-likeness (QED) is 0.846. The van der Waals surface area contributed by atoms with Crippen LogP contribution in [0.4, 0.5) is 9.18 Å². The predicted molar refractivity (Wildman–Crippen MR) is 102 cm³/mol. The normalized spacial score (nSPS) is 15.8. The van der Waals surface area contributed by atoms with Gasteiger partial charge in [0.2, 0.25) is 5.91 Å². The van der Waals surface area contributed by atoms with E-state index in [1.807, 2.05) is 20.8 Å². The number of ether oxygens (including phenoxy) is 1. The van der Waals surface area contributed by atoms with E-state index in [9.17, 15) is 18.8 Å². The van der Waals surface area contributed by atoms with Crippen LogP contribution in [-0.2, 0) is 11.8 Å². The van der Waals surface area contributed by atoms with Crippen LogP contribution >= 0.6 is 0 Å². The molecule has 1 fully saturated rings. The number of hydrogen-bond acceptors (Lipinski definition) is 4. The van der Waals surface area contributed by atoms with Gasteiger partial charge >= 0.3 is 6.09 Å². The van der Waals surface area contributed by atoms with Crippen LogP contribution in [-0.4, -0.2) is 45.0 Å². The summed E-state index contributed by atoms with van der Waals surface area (Å²) in [5, 5.41) is 0.117. The molecule has 1 aromatic heterocycles. The van der Waals surface area contributed by atoms with Gasteiger partial charge in [-0.2, -0.15) is 0 Å². The van der Waals surface area contributed by atoms with E-state index >= 15 is 0 Å². The summed E-state index contributed by atoms with van der Waals surface area (Å²) in [5.41, 5.74) is 4.56. The lowest BCUT2D eigenvalue weighted by atomic mass is 10.1. The number of piperidine rings is 1. The number of amides is 2. The number of rotatable bonds is 2. The van der Waals surface area contributed by atoms with E-state index in [0.717, 1.165) is 6.07 Å². The Balaban J connectivity index is 1.90. The molecule has 1 saturated heterocycles. The minimum Gasteiger partial charge on any atom is -0.444 e. The summed E-state index contributed by atoms with van der Waals surface area (Å²) >= 11 is 0. The highest BCUT2D eigenvalue weighted by Crippen LogP contribution is 2.26. The number of primary amides is 1. The molecule has 0 spiro atoms. The second-order valence-corrected chi connectivity index (χ2v) is 8.08. The number of fused-ring (bicyclic) bond motifs is 1. The van der Waals surface area contributed by atoms with Gasteiger partial charge in [-0.15, -0.1) is 0 Å². The average Bonchev–Trinajstić information content (AvgIpc) is 2.83. The highest BCUT2D eigenvalue weighted by molar-refractivity contribution is 6.05. The van der Waals surface area contributed by atoms with Crippen LogP contribution in [0.5, 0.6) is 0 Å². The third kappa shape index (κ3) is 3.61. The number of benzene rings is 1. The van der Waals surface area contributed by atoms with Gasteiger partial charge in [-0.1, -0.05) is 0 Å². The summed E-state index contributed by atoms with van der Waals surface area (Å²) in [6.45, 7) is 6.29. The molecule has 1 aliphatic heterocycles. The molecule has 2 aromatic rings. The molecular weight excluding hydrogens is 367 g/mol. The summed E-state index contributed by atoms with van der Waals surface area (Å²) in [5.74, 6) is -1.48. The SMILES string of the molecule is Cn1c2cc(F)cc(C(N)=O)c2c(=O)n1C1CCN(C(=O)OC(C)(C)C)CC1. The molecule has 0 saturated carbocycles. The Hall–Kier alpha value is -2.84. The maximum atomic E-state index is 13.9. The van der Waals surface area contributed by atoms with Crippen molar-refractivity contribution in [2.75, 3.05) is 13.1 Å². The molecule has 0 unspecified atom stereocenters. The van der Waals surface area contributed by atoms with Crippen molar-refractivity contribution < 1.29 is 18.7 Å². The van der Waals surface area contributed by atoms with Gasteiger partial charge in [-0.05, 0) is 45.7 Å². The number of aromatic nitrogens is 2. The molecular formula is C19H25FN4O4. The number of aryl methyl sites for hydroxylation is 1. The lowest BCUT2D eigenvalue weighted by Gasteiger charge is -2.34. The maximum Gasteiger partial charge on any atom is 0.410 e. The number of carbonyl (C=O) groups is 2. The number of nitrogens with two attached hydrogens (primary N) is 1. The van der Waals surface area contributed by atoms with Gasteiger partial charge in [0.05, 0.1) is 22.5 Å². The lowest BCUT2D eigenvalue weighted by Crippen LogP contribution is -2.43. The fourth-order valence-electron chi connectivity index (χ4n) is 3.66. The van der Waals surface area contributed by atoms with Gasteiger partial charge in [0.25, 0.3) is 5.56 Å². The smallest absolute Gasteiger partial charge is 0.410 e. The van der Waals surface area contributed by atoms with E-state index in [-0.39, 0.29) is 28.6 Å². The average molecular weight is 392 g/mol. The second-order valence-electron chi connectivity index (χ2n) is 8.08. The second kappa shape index (κ2) is 6.96. The molecule has 1 aliphatic rings. The molecule has 3 rings (SSSR count). The van der Waals surface area contributed by atoms with E-state index in [4.69, 9.17) is 10.5 Å². The summed E-state index contributed by atoms with van der Waals surface area (Å²) in [7, 11) is 1.65. The van der Waals surface area contributed by atoms with E-state index in [1.54, 1.807) is 16.6 Å². The maximum absolute atomic E-state index is 13.9. The Morgan fingerprint density at radius 2 is 1.82 bits per heavy atom. The van der Waals surface area contributed by atoms with Crippen molar-refractivity contribution in [3.05, 3.63) is 33.9 Å². The summed E-state index contributed by atoms with van der Waals surface area (Å²) in [4.78, 5) is 38.5. The van der Waals surface area contributed by atoms with Gasteiger partial charge in [0.1, 0.15) is 11.4 Å². The van der Waals surface area contributed by atoms with Crippen LogP contribution < -0.4 is 11.3 Å². The fraction of sp³-hybridized carbons (Fsp3) is 0.526. The zero-order chi connectivity index (χ0) is 20.8. The molecule has 2 N–H and O–H groups in total. The van der Waals surface area contributed by atoms with Crippen LogP contribution in [0.25, 0.3) is 10.9 Å². The van der Waals surface area contributed by atoms with E-state index < -0.39 is 17.3 Å². The van der Waals surface area contributed by atoms with Crippen molar-refractivity contribution in [2.24, 2.45) is 12.8 Å². The molecule has 8 nitrogen and oxygen atoms in total. The van der Waals surface area contributed by atoms with E-state index in [0.29, 0.717) is 31.4 Å². The Bertz CT molecular complexity index is 994. The summed E-state index contributed by atoms with van der Waals surface area (Å²) < 4.78 is 22.4. The van der Waals surface area contributed by atoms with Crippen molar-refractivity contribution in [1.82, 2.24) is 14.3 Å². The third-order valence-corrected chi connectivity index (χ3v) is 4.90. The largest absolute Gasteiger partial charge is 0.444 e. The number of halogens is 1. The van der Waals surface area contributed by atoms with E-state index in [1.165, 1.54) is 10.7 Å². The molecule has 0 bridgehead atoms. The standard InChI is InChI=1S/C19H25FN4O4/c1-19(2,3)28-18(27)23-7-5-12(6-8-23)24-17(26)15-13(16(21)25)9-11(20)10-14(15)22(24)4/h9-10,12H,5-8H2,1-4H3,(H2,21,25). The number of carbonyl (C=O) groups excluding carboxylic acids is 2. The third-order valence-electron chi connectivity index (χ3n) is 4.90. The fourth-order valence-corrected chi connectivity index (χ4v) is 3.66. The van der Waals surface area contributed by atoms with Crippen molar-refractivity contribution in [2.45, 2.75) is 45.3 Å². The highest BCUT2D eigenvalue weighted by Gasteiger charge is 2.30. The number of likely N-dealkylation sites (tertiary alicyclic amines) is 1. The molecule has 28 heavy (non-hydrogen) atoms. The van der Waals surface area contributed by atoms with Crippen LogP contribution in [0, 0.1) is 5.82 Å². The van der Waals surface area contributed by atoms with Crippen LogP contribution in [0.1, 0.15) is 50.0 Å². The first-order valence-corrected chi connectivity index (χ1v) is 9.18. The highest BCUT2D eigenvalue weighted by atomic mass is 19.1. The number of nitrogens with zero attached hydrogens (tertiary/aromatic N) is 3. The first-order chi connectivity index (χ1) is 13.0. The Morgan fingerprint density at radius 3 is 2.36 bits per heavy atom. The van der Waals surface area contributed by atoms with Crippen LogP contribution in [0.15, 0.2) is 16.9 Å². The van der Waals surface area contributed by atoms with Gasteiger partial charge < -0.3 is 15.4 Å². The molecule has 0 atom stereocenters. The molecule has 9 heteroatoms. The molecule has 2 amide bonds. The number of hydrogen-bond donors (Lipinski definition) is 1. The van der Waals surface area contributed by atoms with Crippen LogP contribution in [0.2, 0.25) is 0 Å². The predicted octanol–water partition coefficient (Wildman–Crippen LogP) is 2.15. The van der Waals surface area contributed by atoms with Gasteiger partial charge in [-0.3, -0.25) is 14.3 Å². The molecule has 0 aliphatic carbocycles. The summed E-state index contributed by atoms with van der Waals surface area (Å²) in [6, 6.07) is 2.02. The molecule has 1 aromatic carbocycles. The minimum atomic E-state index is -0.848. The molecule has 2 heterocycles. The van der Waals surface area contributed by atoms with Crippen molar-refractivity contribution in [3.63, 3.8) is 0 Å². The molecule has 0 radical (unpaired) electrons. The van der Waals surface area contributed by atoms with Crippen molar-refractivity contribution >= 4 is 22.9 Å².